The summed E-state index contributed by atoms with van der Waals surface area (Å²) in [7, 11) is 0. The van der Waals surface area contributed by atoms with Crippen LogP contribution in [-0.2, 0) is 0 Å². The number of nitrogens with zero attached hydrogens (tertiary/aromatic N) is 1. The Morgan fingerprint density at radius 1 is 0.917 bits per heavy atom. The Morgan fingerprint density at radius 3 is 2.17 bits per heavy atom. The first kappa shape index (κ1) is 16.0. The van der Waals surface area contributed by atoms with Crippen LogP contribution in [-0.4, -0.2) is 11.2 Å². The molecule has 0 fully saturated rings. The molecule has 0 aliphatic carbocycles. The van der Waals surface area contributed by atoms with Crippen molar-refractivity contribution in [1.82, 2.24) is 0 Å². The number of hydrogen-bond donors (Lipinski definition) is 1. The number of aliphatic imine (C=N–C) groups is 1. The lowest BCUT2D eigenvalue weighted by Gasteiger charge is -2.02. The second-order valence-electron chi connectivity index (χ2n) is 5.30. The molecule has 0 atom stereocenters. The summed E-state index contributed by atoms with van der Waals surface area (Å²) in [5.41, 5.74) is 10.2. The second kappa shape index (κ2) is 7.15. The molecule has 3 rings (SSSR count). The fourth-order valence-corrected chi connectivity index (χ4v) is 2.42. The number of rotatable bonds is 4. The zero-order valence-corrected chi connectivity index (χ0v) is 13.6. The first-order chi connectivity index (χ1) is 11.6. The Kier molecular flexibility index (Phi) is 4.77. The summed E-state index contributed by atoms with van der Waals surface area (Å²) in [6.07, 6.45) is 1.78. The third-order valence-electron chi connectivity index (χ3n) is 3.58. The maximum Gasteiger partial charge on any atom is 0.123 e. The highest BCUT2D eigenvalue weighted by atomic mass is 32.1. The Bertz CT molecular complexity index is 884. The summed E-state index contributed by atoms with van der Waals surface area (Å²) in [5, 5.41) is 0. The summed E-state index contributed by atoms with van der Waals surface area (Å²) in [5.74, 6) is -0.235. The van der Waals surface area contributed by atoms with Gasteiger partial charge in [-0.05, 0) is 41.0 Å². The van der Waals surface area contributed by atoms with E-state index in [0.29, 0.717) is 4.99 Å². The molecule has 0 heterocycles. The summed E-state index contributed by atoms with van der Waals surface area (Å²) < 4.78 is 13.0. The number of benzene rings is 3. The van der Waals surface area contributed by atoms with Gasteiger partial charge in [0.25, 0.3) is 0 Å². The van der Waals surface area contributed by atoms with Gasteiger partial charge < -0.3 is 5.73 Å². The molecule has 0 spiro atoms. The predicted octanol–water partition coefficient (Wildman–Crippen LogP) is 4.88. The normalized spacial score (nSPS) is 10.9. The van der Waals surface area contributed by atoms with Crippen LogP contribution in [0.1, 0.15) is 11.1 Å². The van der Waals surface area contributed by atoms with Crippen molar-refractivity contribution in [2.75, 3.05) is 0 Å². The molecule has 2 N–H and O–H groups in total. The first-order valence-corrected chi connectivity index (χ1v) is 7.82. The van der Waals surface area contributed by atoms with E-state index in [4.69, 9.17) is 18.0 Å². The van der Waals surface area contributed by atoms with Gasteiger partial charge in [-0.15, -0.1) is 0 Å². The van der Waals surface area contributed by atoms with E-state index in [-0.39, 0.29) is 5.82 Å². The molecule has 4 heteroatoms. The van der Waals surface area contributed by atoms with E-state index in [1.165, 1.54) is 12.1 Å². The fraction of sp³-hybridized carbons (Fsp3) is 0. The van der Waals surface area contributed by atoms with E-state index in [1.807, 2.05) is 48.5 Å². The largest absolute Gasteiger partial charge is 0.389 e. The Balaban J connectivity index is 1.77. The zero-order valence-electron chi connectivity index (χ0n) is 12.8. The van der Waals surface area contributed by atoms with E-state index >= 15 is 0 Å². The molecule has 0 saturated heterocycles. The van der Waals surface area contributed by atoms with E-state index in [9.17, 15) is 4.39 Å². The average molecular weight is 334 g/mol. The van der Waals surface area contributed by atoms with Gasteiger partial charge in [0.2, 0.25) is 0 Å². The third kappa shape index (κ3) is 3.91. The molecule has 118 valence electrons. The van der Waals surface area contributed by atoms with Crippen LogP contribution in [0.4, 0.5) is 10.1 Å². The SMILES string of the molecule is NC(=S)c1cccc(N=Cc2ccc(-c3ccc(F)cc3)cc2)c1. The minimum absolute atomic E-state index is 0.235. The van der Waals surface area contributed by atoms with Gasteiger partial charge in [0.15, 0.2) is 0 Å². The molecule has 0 aliphatic rings. The highest BCUT2D eigenvalue weighted by Gasteiger charge is 1.99. The van der Waals surface area contributed by atoms with Gasteiger partial charge in [-0.2, -0.15) is 0 Å². The summed E-state index contributed by atoms with van der Waals surface area (Å²) in [6.45, 7) is 0. The van der Waals surface area contributed by atoms with E-state index in [0.717, 1.165) is 27.9 Å². The molecule has 0 aliphatic heterocycles. The summed E-state index contributed by atoms with van der Waals surface area (Å²) >= 11 is 4.97. The molecular weight excluding hydrogens is 319 g/mol. The van der Waals surface area contributed by atoms with Crippen molar-refractivity contribution in [2.45, 2.75) is 0 Å². The molecule has 3 aromatic carbocycles. The molecular formula is C20H15FN2S. The van der Waals surface area contributed by atoms with Crippen LogP contribution in [0.15, 0.2) is 77.8 Å². The van der Waals surface area contributed by atoms with E-state index < -0.39 is 0 Å². The maximum atomic E-state index is 13.0. The molecule has 0 radical (unpaired) electrons. The second-order valence-corrected chi connectivity index (χ2v) is 5.74. The van der Waals surface area contributed by atoms with Crippen molar-refractivity contribution < 1.29 is 4.39 Å². The van der Waals surface area contributed by atoms with Crippen LogP contribution < -0.4 is 5.73 Å². The number of thiocarbonyl (C=S) groups is 1. The average Bonchev–Trinajstić information content (AvgIpc) is 2.61. The monoisotopic (exact) mass is 334 g/mol. The number of hydrogen-bond acceptors (Lipinski definition) is 2. The highest BCUT2D eigenvalue weighted by molar-refractivity contribution is 7.80. The molecule has 2 nitrogen and oxygen atoms in total. The van der Waals surface area contributed by atoms with Crippen molar-refractivity contribution >= 4 is 29.1 Å². The minimum Gasteiger partial charge on any atom is -0.389 e. The van der Waals surface area contributed by atoms with Crippen LogP contribution >= 0.6 is 12.2 Å². The van der Waals surface area contributed by atoms with Gasteiger partial charge in [0, 0.05) is 11.8 Å². The highest BCUT2D eigenvalue weighted by Crippen LogP contribution is 2.20. The zero-order chi connectivity index (χ0) is 16.9. The van der Waals surface area contributed by atoms with Crippen LogP contribution in [0, 0.1) is 5.82 Å². The maximum absolute atomic E-state index is 13.0. The molecule has 0 amide bonds. The van der Waals surface area contributed by atoms with Gasteiger partial charge in [0.1, 0.15) is 10.8 Å². The smallest absolute Gasteiger partial charge is 0.123 e. The standard InChI is InChI=1S/C20H15FN2S/c21-18-10-8-16(9-11-18)15-6-4-14(5-7-15)13-23-19-3-1-2-17(12-19)20(22)24/h1-13H,(H2,22,24). The van der Waals surface area contributed by atoms with Crippen molar-refractivity contribution in [3.05, 3.63) is 89.7 Å². The fourth-order valence-electron chi connectivity index (χ4n) is 2.29. The van der Waals surface area contributed by atoms with Gasteiger partial charge >= 0.3 is 0 Å². The molecule has 0 aromatic heterocycles. The van der Waals surface area contributed by atoms with Crippen LogP contribution in [0.25, 0.3) is 11.1 Å². The van der Waals surface area contributed by atoms with Gasteiger partial charge in [-0.3, -0.25) is 4.99 Å². The van der Waals surface area contributed by atoms with Crippen molar-refractivity contribution in [2.24, 2.45) is 10.7 Å². The summed E-state index contributed by atoms with van der Waals surface area (Å²) in [6, 6.07) is 21.8. The van der Waals surface area contributed by atoms with Crippen LogP contribution in [0.3, 0.4) is 0 Å². The Hall–Kier alpha value is -2.85. The minimum atomic E-state index is -0.235. The topological polar surface area (TPSA) is 38.4 Å². The van der Waals surface area contributed by atoms with E-state index in [1.54, 1.807) is 18.3 Å². The van der Waals surface area contributed by atoms with Crippen molar-refractivity contribution in [3.63, 3.8) is 0 Å². The van der Waals surface area contributed by atoms with Gasteiger partial charge in [-0.1, -0.05) is 60.7 Å². The molecule has 0 unspecified atom stereocenters. The van der Waals surface area contributed by atoms with Gasteiger partial charge in [-0.25, -0.2) is 4.39 Å². The number of halogens is 1. The Labute approximate surface area is 145 Å². The quantitative estimate of drug-likeness (QED) is 0.545. The Morgan fingerprint density at radius 2 is 1.54 bits per heavy atom. The first-order valence-electron chi connectivity index (χ1n) is 7.42. The van der Waals surface area contributed by atoms with Crippen molar-refractivity contribution in [3.8, 4) is 11.1 Å². The van der Waals surface area contributed by atoms with E-state index in [2.05, 4.69) is 4.99 Å². The molecule has 0 saturated carbocycles. The lowest BCUT2D eigenvalue weighted by Crippen LogP contribution is -2.08. The molecule has 0 bridgehead atoms. The summed E-state index contributed by atoms with van der Waals surface area (Å²) in [4.78, 5) is 4.80. The predicted molar refractivity (Wildman–Crippen MR) is 101 cm³/mol. The van der Waals surface area contributed by atoms with Crippen molar-refractivity contribution in [1.29, 1.82) is 0 Å². The number of nitrogens with two attached hydrogens (primary N) is 1. The van der Waals surface area contributed by atoms with Gasteiger partial charge in [0.05, 0.1) is 5.69 Å². The van der Waals surface area contributed by atoms with Crippen LogP contribution in [0.2, 0.25) is 0 Å². The lowest BCUT2D eigenvalue weighted by atomic mass is 10.0. The van der Waals surface area contributed by atoms with Crippen LogP contribution in [0.5, 0.6) is 0 Å². The third-order valence-corrected chi connectivity index (χ3v) is 3.82. The lowest BCUT2D eigenvalue weighted by molar-refractivity contribution is 0.628. The molecule has 3 aromatic rings. The molecule has 24 heavy (non-hydrogen) atoms.